The molecule has 2 unspecified atom stereocenters. The summed E-state index contributed by atoms with van der Waals surface area (Å²) < 4.78 is 20.9. The van der Waals surface area contributed by atoms with Gasteiger partial charge in [-0.05, 0) is 151 Å². The molecular formula is C56H70N8O9S. The first kappa shape index (κ1) is 52.5. The van der Waals surface area contributed by atoms with E-state index < -0.39 is 46.8 Å². The third-order valence-electron chi connectivity index (χ3n) is 15.0. The van der Waals surface area contributed by atoms with Crippen LogP contribution in [0, 0.1) is 23.2 Å². The van der Waals surface area contributed by atoms with Crippen LogP contribution in [0.2, 0.25) is 0 Å². The second-order valence-corrected chi connectivity index (χ2v) is 25.2. The van der Waals surface area contributed by atoms with Crippen LogP contribution in [-0.2, 0) is 43.3 Å². The molecule has 10 rings (SSSR count). The Hall–Kier alpha value is -6.40. The smallest absolute Gasteiger partial charge is 0.408 e. The van der Waals surface area contributed by atoms with E-state index in [0.717, 1.165) is 65.6 Å². The van der Waals surface area contributed by atoms with Crippen LogP contribution >= 0.6 is 11.3 Å². The van der Waals surface area contributed by atoms with Crippen molar-refractivity contribution in [1.29, 1.82) is 0 Å². The van der Waals surface area contributed by atoms with Crippen LogP contribution in [0.1, 0.15) is 138 Å². The number of pyridine rings is 1. The van der Waals surface area contributed by atoms with Gasteiger partial charge < -0.3 is 34.4 Å². The SMILES string of the molecule is Cc1c(-c2ccc(N3CCc4cccc(C(=O)Nc5nc6ccccc6s5)c4C3)nc2C(=O)O)cnn1CC12CC3(C)CC(C)(C1)CC(OCCN(C)C(=O)[C@H](CC(=O)OC(C)(C)C)NC(=O)OC(C)(C)C)(C3)C2. The molecule has 0 saturated heterocycles. The Morgan fingerprint density at radius 3 is 2.27 bits per heavy atom. The molecule has 1 aliphatic heterocycles. The minimum Gasteiger partial charge on any atom is -0.476 e. The second kappa shape index (κ2) is 19.4. The third-order valence-corrected chi connectivity index (χ3v) is 15.9. The van der Waals surface area contributed by atoms with E-state index in [4.69, 9.17) is 24.3 Å². The van der Waals surface area contributed by atoms with Gasteiger partial charge in [-0.25, -0.2) is 19.6 Å². The quantitative estimate of drug-likeness (QED) is 0.0836. The molecule has 0 radical (unpaired) electrons. The minimum absolute atomic E-state index is 0.0110. The fraction of sp³-hybridized carbons (Fsp3) is 0.536. The maximum Gasteiger partial charge on any atom is 0.408 e. The van der Waals surface area contributed by atoms with Crippen molar-refractivity contribution >= 4 is 62.3 Å². The monoisotopic (exact) mass is 1030 g/mol. The molecule has 17 nitrogen and oxygen atoms in total. The van der Waals surface area contributed by atoms with Crippen LogP contribution in [0.3, 0.4) is 0 Å². The lowest BCUT2D eigenvalue weighted by Gasteiger charge is -2.69. The predicted octanol–water partition coefficient (Wildman–Crippen LogP) is 9.60. The topological polar surface area (TPSA) is 207 Å². The summed E-state index contributed by atoms with van der Waals surface area (Å²) in [5, 5.41) is 21.7. The van der Waals surface area contributed by atoms with E-state index in [2.05, 4.69) is 29.5 Å². The summed E-state index contributed by atoms with van der Waals surface area (Å²) in [6.07, 6.45) is 6.91. The number of esters is 1. The molecule has 74 heavy (non-hydrogen) atoms. The number of carbonyl (C=O) groups is 5. The van der Waals surface area contributed by atoms with Gasteiger partial charge in [0.15, 0.2) is 10.8 Å². The Balaban J connectivity index is 0.888. The highest BCUT2D eigenvalue weighted by Gasteiger charge is 2.66. The fourth-order valence-electron chi connectivity index (χ4n) is 13.4. The number of nitrogens with zero attached hydrogens (tertiary/aromatic N) is 6. The number of thiazole rings is 1. The van der Waals surface area contributed by atoms with Crippen molar-refractivity contribution in [2.75, 3.05) is 37.0 Å². The molecular weight excluding hydrogens is 961 g/mol. The minimum atomic E-state index is -1.20. The molecule has 3 N–H and O–H groups in total. The number of carboxylic acid groups (broad SMARTS) is 1. The number of likely N-dealkylation sites (N-methyl/N-ethyl adjacent to an activating group) is 1. The van der Waals surface area contributed by atoms with Crippen LogP contribution in [0.25, 0.3) is 21.3 Å². The number of para-hydroxylation sites is 1. The maximum absolute atomic E-state index is 13.9. The Labute approximate surface area is 436 Å². The van der Waals surface area contributed by atoms with E-state index in [9.17, 15) is 29.1 Å². The van der Waals surface area contributed by atoms with E-state index >= 15 is 0 Å². The molecule has 18 heteroatoms. The Kier molecular flexibility index (Phi) is 13.7. The molecule has 4 aliphatic carbocycles. The standard InChI is InChI=1S/C56H70N8O9S/c1-34-38(36-18-19-43(60-45(36)48(68)69)63-21-20-35-14-13-15-37(39(35)26-63)46(66)61-49-58-40-16-11-12-17-42(40)74-49)25-57-64(34)33-55-28-53(8)27-54(9,29-55)31-56(30-53,32-55)71-23-22-62(10)47(67)41(24-44(65)72-51(2,3)4)59-50(70)73-52(5,6)7/h11-19,25,41H,20-24,26-33H2,1-10H3,(H,59,70)(H,68,69)(H,58,61,66)/t41-,53?,54?,55?,56?/m0/s1. The van der Waals surface area contributed by atoms with E-state index in [0.29, 0.717) is 53.7 Å². The van der Waals surface area contributed by atoms with Crippen molar-refractivity contribution in [2.45, 2.75) is 150 Å². The Morgan fingerprint density at radius 2 is 1.58 bits per heavy atom. The van der Waals surface area contributed by atoms with Crippen molar-refractivity contribution in [1.82, 2.24) is 30.0 Å². The van der Waals surface area contributed by atoms with Gasteiger partial charge in [-0.2, -0.15) is 5.10 Å². The van der Waals surface area contributed by atoms with Gasteiger partial charge in [-0.1, -0.05) is 49.4 Å². The van der Waals surface area contributed by atoms with Gasteiger partial charge in [0.1, 0.15) is 23.1 Å². The first-order valence-corrected chi connectivity index (χ1v) is 26.4. The highest BCUT2D eigenvalue weighted by atomic mass is 32.1. The fourth-order valence-corrected chi connectivity index (χ4v) is 14.3. The largest absolute Gasteiger partial charge is 0.476 e. The Bertz CT molecular complexity index is 2940. The van der Waals surface area contributed by atoms with E-state index in [1.807, 2.05) is 71.1 Å². The summed E-state index contributed by atoms with van der Waals surface area (Å²) in [5.41, 5.74) is 3.10. The number of rotatable bonds is 15. The number of fused-ring (bicyclic) bond motifs is 2. The highest BCUT2D eigenvalue weighted by molar-refractivity contribution is 7.22. The number of anilines is 2. The number of amides is 3. The number of alkyl carbamates (subject to hydrolysis) is 1. The number of hydrogen-bond donors (Lipinski definition) is 3. The first-order valence-electron chi connectivity index (χ1n) is 25.6. The van der Waals surface area contributed by atoms with Crippen LogP contribution in [0.15, 0.2) is 60.8 Å². The van der Waals surface area contributed by atoms with E-state index in [-0.39, 0.29) is 47.4 Å². The summed E-state index contributed by atoms with van der Waals surface area (Å²) >= 11 is 1.42. The Morgan fingerprint density at radius 1 is 0.865 bits per heavy atom. The van der Waals surface area contributed by atoms with E-state index in [1.165, 1.54) is 16.2 Å². The second-order valence-electron chi connectivity index (χ2n) is 24.2. The molecule has 5 aromatic rings. The lowest BCUT2D eigenvalue weighted by molar-refractivity contribution is -0.248. The highest BCUT2D eigenvalue weighted by Crippen LogP contribution is 2.72. The number of carbonyl (C=O) groups excluding carboxylic acids is 4. The molecule has 394 valence electrons. The van der Waals surface area contributed by atoms with Crippen molar-refractivity contribution in [3.05, 3.63) is 88.9 Å². The molecule has 3 amide bonds. The lowest BCUT2D eigenvalue weighted by atomic mass is 9.39. The summed E-state index contributed by atoms with van der Waals surface area (Å²) in [4.78, 5) is 79.4. The number of carboxylic acids is 1. The molecule has 4 fully saturated rings. The normalized spacial score (nSPS) is 23.5. The lowest BCUT2D eigenvalue weighted by Crippen LogP contribution is -2.64. The summed E-state index contributed by atoms with van der Waals surface area (Å²) in [5.74, 6) is -1.96. The van der Waals surface area contributed by atoms with Gasteiger partial charge in [0.25, 0.3) is 5.91 Å². The van der Waals surface area contributed by atoms with Crippen molar-refractivity contribution in [2.24, 2.45) is 16.2 Å². The number of benzene rings is 2. The average molecular weight is 1030 g/mol. The number of ether oxygens (including phenoxy) is 3. The summed E-state index contributed by atoms with van der Waals surface area (Å²) in [7, 11) is 1.64. The van der Waals surface area contributed by atoms with Crippen LogP contribution in [-0.4, -0.2) is 109 Å². The third kappa shape index (κ3) is 11.3. The zero-order valence-electron chi connectivity index (χ0n) is 44.3. The number of hydrogen-bond acceptors (Lipinski definition) is 13. The van der Waals surface area contributed by atoms with Crippen molar-refractivity contribution in [3.63, 3.8) is 0 Å². The molecule has 4 heterocycles. The van der Waals surface area contributed by atoms with E-state index in [1.54, 1.807) is 54.8 Å². The van der Waals surface area contributed by atoms with Gasteiger partial charge >= 0.3 is 18.0 Å². The van der Waals surface area contributed by atoms with Gasteiger partial charge in [-0.15, -0.1) is 0 Å². The molecule has 3 atom stereocenters. The molecule has 4 bridgehead atoms. The van der Waals surface area contributed by atoms with Crippen LogP contribution in [0.5, 0.6) is 0 Å². The van der Waals surface area contributed by atoms with Gasteiger partial charge in [0, 0.05) is 55.6 Å². The molecule has 0 spiro atoms. The van der Waals surface area contributed by atoms with Crippen LogP contribution < -0.4 is 15.5 Å². The average Bonchev–Trinajstić information content (AvgIpc) is 3.86. The van der Waals surface area contributed by atoms with Crippen molar-refractivity contribution in [3.8, 4) is 11.1 Å². The number of aromatic carboxylic acids is 1. The molecule has 2 aromatic carbocycles. The van der Waals surface area contributed by atoms with Gasteiger partial charge in [0.2, 0.25) is 5.91 Å². The van der Waals surface area contributed by atoms with Gasteiger partial charge in [-0.3, -0.25) is 24.4 Å². The number of aromatic nitrogens is 4. The molecule has 3 aromatic heterocycles. The van der Waals surface area contributed by atoms with Crippen molar-refractivity contribution < 1.29 is 43.3 Å². The molecule has 5 aliphatic rings. The summed E-state index contributed by atoms with van der Waals surface area (Å²) in [6.45, 7) is 19.2. The van der Waals surface area contributed by atoms with Crippen LogP contribution in [0.4, 0.5) is 15.7 Å². The summed E-state index contributed by atoms with van der Waals surface area (Å²) in [6, 6.07) is 16.0. The van der Waals surface area contributed by atoms with Gasteiger partial charge in [0.05, 0.1) is 35.0 Å². The first-order chi connectivity index (χ1) is 34.7. The number of nitrogens with one attached hydrogen (secondary N) is 2. The zero-order chi connectivity index (χ0) is 53.2. The zero-order valence-corrected chi connectivity index (χ0v) is 45.2. The maximum atomic E-state index is 13.9. The molecule has 4 saturated carbocycles. The predicted molar refractivity (Wildman–Crippen MR) is 282 cm³/mol.